The molecule has 5 heteroatoms. The van der Waals surface area contributed by atoms with Crippen molar-refractivity contribution in [2.75, 3.05) is 23.3 Å². The van der Waals surface area contributed by atoms with Crippen LogP contribution in [0, 0.1) is 6.92 Å². The van der Waals surface area contributed by atoms with E-state index in [9.17, 15) is 4.79 Å². The van der Waals surface area contributed by atoms with Gasteiger partial charge in [-0.1, -0.05) is 11.6 Å². The number of halogens is 1. The van der Waals surface area contributed by atoms with Crippen molar-refractivity contribution in [3.63, 3.8) is 0 Å². The zero-order chi connectivity index (χ0) is 14.8. The first-order valence-corrected chi connectivity index (χ1v) is 7.43. The predicted molar refractivity (Wildman–Crippen MR) is 84.3 cm³/mol. The van der Waals surface area contributed by atoms with Crippen LogP contribution in [0.2, 0.25) is 5.02 Å². The monoisotopic (exact) mass is 304 g/mol. The van der Waals surface area contributed by atoms with Crippen molar-refractivity contribution in [1.82, 2.24) is 0 Å². The summed E-state index contributed by atoms with van der Waals surface area (Å²) < 4.78 is 5.18. The quantitative estimate of drug-likeness (QED) is 0.929. The molecule has 1 aromatic heterocycles. The molecule has 0 saturated carbocycles. The van der Waals surface area contributed by atoms with Crippen LogP contribution in [0.5, 0.6) is 0 Å². The zero-order valence-corrected chi connectivity index (χ0v) is 12.6. The van der Waals surface area contributed by atoms with E-state index in [-0.39, 0.29) is 5.91 Å². The van der Waals surface area contributed by atoms with Gasteiger partial charge in [-0.05, 0) is 44.0 Å². The minimum atomic E-state index is -0.177. The Labute approximate surface area is 128 Å². The van der Waals surface area contributed by atoms with Crippen LogP contribution in [-0.4, -0.2) is 19.0 Å². The van der Waals surface area contributed by atoms with Gasteiger partial charge in [-0.25, -0.2) is 0 Å². The van der Waals surface area contributed by atoms with Gasteiger partial charge in [0.05, 0.1) is 23.2 Å². The standard InChI is InChI=1S/C16H17ClN2O2/c1-11-13(6-9-21-11)16(20)18-14-10-12(17)4-5-15(14)19-7-2-3-8-19/h4-6,9-10H,2-3,7-8H2,1H3,(H,18,20). The lowest BCUT2D eigenvalue weighted by Crippen LogP contribution is -2.21. The lowest BCUT2D eigenvalue weighted by Gasteiger charge is -2.21. The zero-order valence-electron chi connectivity index (χ0n) is 11.9. The smallest absolute Gasteiger partial charge is 0.259 e. The molecule has 3 rings (SSSR count). The third kappa shape index (κ3) is 2.90. The van der Waals surface area contributed by atoms with Gasteiger partial charge in [0.15, 0.2) is 0 Å². The summed E-state index contributed by atoms with van der Waals surface area (Å²) in [6.45, 7) is 3.79. The van der Waals surface area contributed by atoms with E-state index in [1.54, 1.807) is 19.1 Å². The van der Waals surface area contributed by atoms with E-state index < -0.39 is 0 Å². The third-order valence-corrected chi connectivity index (χ3v) is 3.99. The molecule has 0 bridgehead atoms. The maximum Gasteiger partial charge on any atom is 0.259 e. The van der Waals surface area contributed by atoms with Gasteiger partial charge in [0.2, 0.25) is 0 Å². The van der Waals surface area contributed by atoms with Crippen molar-refractivity contribution in [2.24, 2.45) is 0 Å². The number of benzene rings is 1. The molecule has 1 fully saturated rings. The highest BCUT2D eigenvalue weighted by Gasteiger charge is 2.19. The van der Waals surface area contributed by atoms with E-state index in [4.69, 9.17) is 16.0 Å². The number of nitrogens with one attached hydrogen (secondary N) is 1. The molecule has 0 unspecified atom stereocenters. The van der Waals surface area contributed by atoms with Gasteiger partial charge < -0.3 is 14.6 Å². The van der Waals surface area contributed by atoms with E-state index in [1.165, 1.54) is 19.1 Å². The molecule has 1 aromatic carbocycles. The summed E-state index contributed by atoms with van der Waals surface area (Å²) in [5, 5.41) is 3.55. The Balaban J connectivity index is 1.88. The molecule has 0 aliphatic carbocycles. The van der Waals surface area contributed by atoms with Gasteiger partial charge in [0, 0.05) is 18.1 Å². The minimum Gasteiger partial charge on any atom is -0.469 e. The van der Waals surface area contributed by atoms with Crippen LogP contribution in [0.3, 0.4) is 0 Å². The molecule has 110 valence electrons. The van der Waals surface area contributed by atoms with Crippen LogP contribution in [0.4, 0.5) is 11.4 Å². The molecule has 1 aliphatic rings. The van der Waals surface area contributed by atoms with Gasteiger partial charge in [-0.2, -0.15) is 0 Å². The topological polar surface area (TPSA) is 45.5 Å². The lowest BCUT2D eigenvalue weighted by molar-refractivity contribution is 0.102. The van der Waals surface area contributed by atoms with Gasteiger partial charge in [0.1, 0.15) is 5.76 Å². The largest absolute Gasteiger partial charge is 0.469 e. The molecule has 1 saturated heterocycles. The fraction of sp³-hybridized carbons (Fsp3) is 0.312. The number of carbonyl (C=O) groups is 1. The first kappa shape index (κ1) is 14.0. The van der Waals surface area contributed by atoms with Crippen LogP contribution in [0.25, 0.3) is 0 Å². The van der Waals surface area contributed by atoms with Crippen molar-refractivity contribution in [3.8, 4) is 0 Å². The molecule has 1 amide bonds. The van der Waals surface area contributed by atoms with Crippen molar-refractivity contribution < 1.29 is 9.21 Å². The van der Waals surface area contributed by atoms with Crippen molar-refractivity contribution in [2.45, 2.75) is 19.8 Å². The average molecular weight is 305 g/mol. The van der Waals surface area contributed by atoms with E-state index in [0.29, 0.717) is 16.3 Å². The summed E-state index contributed by atoms with van der Waals surface area (Å²) in [5.41, 5.74) is 2.31. The number of anilines is 2. The second-order valence-electron chi connectivity index (χ2n) is 5.20. The van der Waals surface area contributed by atoms with E-state index in [0.717, 1.165) is 24.5 Å². The summed E-state index contributed by atoms with van der Waals surface area (Å²) in [5.74, 6) is 0.432. The van der Waals surface area contributed by atoms with Crippen LogP contribution in [-0.2, 0) is 0 Å². The number of hydrogen-bond donors (Lipinski definition) is 1. The molecular formula is C16H17ClN2O2. The maximum absolute atomic E-state index is 12.3. The number of carbonyl (C=O) groups excluding carboxylic acids is 1. The fourth-order valence-electron chi connectivity index (χ4n) is 2.65. The van der Waals surface area contributed by atoms with Crippen molar-refractivity contribution in [1.29, 1.82) is 0 Å². The molecule has 2 aromatic rings. The molecule has 1 N–H and O–H groups in total. The molecule has 0 atom stereocenters. The second-order valence-corrected chi connectivity index (χ2v) is 5.64. The van der Waals surface area contributed by atoms with Gasteiger partial charge in [-0.15, -0.1) is 0 Å². The third-order valence-electron chi connectivity index (χ3n) is 3.76. The fourth-order valence-corrected chi connectivity index (χ4v) is 2.82. The maximum atomic E-state index is 12.3. The molecule has 2 heterocycles. The molecule has 0 radical (unpaired) electrons. The molecule has 4 nitrogen and oxygen atoms in total. The predicted octanol–water partition coefficient (Wildman–Crippen LogP) is 4.09. The van der Waals surface area contributed by atoms with Crippen LogP contribution in [0.15, 0.2) is 34.9 Å². The molecule has 21 heavy (non-hydrogen) atoms. The number of rotatable bonds is 3. The van der Waals surface area contributed by atoms with Crippen LogP contribution >= 0.6 is 11.6 Å². The Bertz CT molecular complexity index is 660. The number of aryl methyl sites for hydroxylation is 1. The SMILES string of the molecule is Cc1occc1C(=O)Nc1cc(Cl)ccc1N1CCCC1. The van der Waals surface area contributed by atoms with Gasteiger partial charge >= 0.3 is 0 Å². The summed E-state index contributed by atoms with van der Waals surface area (Å²) in [7, 11) is 0. The van der Waals surface area contributed by atoms with Crippen LogP contribution in [0.1, 0.15) is 29.0 Å². The Kier molecular flexibility index (Phi) is 3.88. The highest BCUT2D eigenvalue weighted by atomic mass is 35.5. The first-order valence-electron chi connectivity index (χ1n) is 7.05. The highest BCUT2D eigenvalue weighted by Crippen LogP contribution is 2.32. The number of nitrogens with zero attached hydrogens (tertiary/aromatic N) is 1. The Morgan fingerprint density at radius 3 is 2.71 bits per heavy atom. The van der Waals surface area contributed by atoms with Crippen molar-refractivity contribution >= 4 is 28.9 Å². The normalized spacial score (nSPS) is 14.5. The molecular weight excluding hydrogens is 288 g/mol. The second kappa shape index (κ2) is 5.82. The number of amides is 1. The van der Waals surface area contributed by atoms with Gasteiger partial charge in [0.25, 0.3) is 5.91 Å². The van der Waals surface area contributed by atoms with E-state index in [1.807, 2.05) is 12.1 Å². The average Bonchev–Trinajstić information content (AvgIpc) is 3.10. The molecule has 0 spiro atoms. The van der Waals surface area contributed by atoms with Gasteiger partial charge in [-0.3, -0.25) is 4.79 Å². The summed E-state index contributed by atoms with van der Waals surface area (Å²) in [6, 6.07) is 7.28. The van der Waals surface area contributed by atoms with Crippen molar-refractivity contribution in [3.05, 3.63) is 46.9 Å². The lowest BCUT2D eigenvalue weighted by atomic mass is 10.2. The Morgan fingerprint density at radius 2 is 2.05 bits per heavy atom. The Morgan fingerprint density at radius 1 is 1.29 bits per heavy atom. The summed E-state index contributed by atoms with van der Waals surface area (Å²) in [6.07, 6.45) is 3.87. The van der Waals surface area contributed by atoms with Crippen LogP contribution < -0.4 is 10.2 Å². The number of furan rings is 1. The highest BCUT2D eigenvalue weighted by molar-refractivity contribution is 6.31. The first-order chi connectivity index (χ1) is 10.1. The van der Waals surface area contributed by atoms with E-state index >= 15 is 0 Å². The summed E-state index contributed by atoms with van der Waals surface area (Å²) in [4.78, 5) is 14.6. The summed E-state index contributed by atoms with van der Waals surface area (Å²) >= 11 is 6.07. The minimum absolute atomic E-state index is 0.177. The Hall–Kier alpha value is -1.94. The van der Waals surface area contributed by atoms with E-state index in [2.05, 4.69) is 10.2 Å². The molecule has 1 aliphatic heterocycles. The number of hydrogen-bond acceptors (Lipinski definition) is 3.